The molecule has 82 valence electrons. The van der Waals surface area contributed by atoms with Crippen LogP contribution in [0.4, 0.5) is 0 Å². The molecule has 0 saturated heterocycles. The van der Waals surface area contributed by atoms with Gasteiger partial charge in [0.2, 0.25) is 0 Å². The standard InChI is InChI=1S/C11H20O3.Li/c1-10(2,3)8(13)7(12)9(14)11(4,5)6;/h12-13H,1-6H3;/q;+1/p-1. The number of aliphatic hydroxyl groups is 1. The van der Waals surface area contributed by atoms with Crippen molar-refractivity contribution in [2.45, 2.75) is 41.5 Å². The summed E-state index contributed by atoms with van der Waals surface area (Å²) < 4.78 is 0. The van der Waals surface area contributed by atoms with Gasteiger partial charge < -0.3 is 10.2 Å². The van der Waals surface area contributed by atoms with Crippen molar-refractivity contribution < 1.29 is 33.9 Å². The van der Waals surface area contributed by atoms with E-state index >= 15 is 0 Å². The number of rotatable bonds is 1. The van der Waals surface area contributed by atoms with Crippen molar-refractivity contribution >= 4 is 5.78 Å². The second-order valence-corrected chi connectivity index (χ2v) is 5.51. The van der Waals surface area contributed by atoms with Crippen LogP contribution in [0.15, 0.2) is 11.5 Å². The molecule has 0 aliphatic carbocycles. The van der Waals surface area contributed by atoms with E-state index in [1.807, 2.05) is 0 Å². The molecule has 0 aliphatic rings. The number of hydrogen-bond acceptors (Lipinski definition) is 3. The Morgan fingerprint density at radius 2 is 1.33 bits per heavy atom. The van der Waals surface area contributed by atoms with Gasteiger partial charge >= 0.3 is 18.9 Å². The smallest absolute Gasteiger partial charge is 0.868 e. The van der Waals surface area contributed by atoms with Crippen molar-refractivity contribution in [2.24, 2.45) is 10.8 Å². The molecule has 0 atom stereocenters. The Hall–Kier alpha value is -0.393. The number of carbonyl (C=O) groups excluding carboxylic acids is 1. The zero-order chi connectivity index (χ0) is 11.7. The van der Waals surface area contributed by atoms with Crippen LogP contribution >= 0.6 is 0 Å². The maximum absolute atomic E-state index is 11.5. The molecule has 4 heteroatoms. The minimum Gasteiger partial charge on any atom is -0.868 e. The fraction of sp³-hybridized carbons (Fsp3) is 0.727. The van der Waals surface area contributed by atoms with Gasteiger partial charge in [0.1, 0.15) is 0 Å². The van der Waals surface area contributed by atoms with Gasteiger partial charge in [-0.15, -0.1) is 0 Å². The van der Waals surface area contributed by atoms with E-state index in [9.17, 15) is 15.0 Å². The molecule has 0 heterocycles. The first kappa shape index (κ1) is 17.0. The summed E-state index contributed by atoms with van der Waals surface area (Å²) in [6, 6.07) is 0. The van der Waals surface area contributed by atoms with Gasteiger partial charge in [0, 0.05) is 10.8 Å². The third-order valence-corrected chi connectivity index (χ3v) is 1.81. The van der Waals surface area contributed by atoms with Crippen molar-refractivity contribution in [1.82, 2.24) is 0 Å². The molecule has 0 radical (unpaired) electrons. The minimum atomic E-state index is -0.773. The molecule has 0 aromatic carbocycles. The third-order valence-electron chi connectivity index (χ3n) is 1.81. The van der Waals surface area contributed by atoms with Crippen molar-refractivity contribution in [3.8, 4) is 0 Å². The van der Waals surface area contributed by atoms with E-state index < -0.39 is 22.4 Å². The minimum absolute atomic E-state index is 0. The van der Waals surface area contributed by atoms with Crippen LogP contribution in [0.5, 0.6) is 0 Å². The van der Waals surface area contributed by atoms with Gasteiger partial charge in [0.15, 0.2) is 5.78 Å². The summed E-state index contributed by atoms with van der Waals surface area (Å²) in [5.74, 6) is -1.69. The summed E-state index contributed by atoms with van der Waals surface area (Å²) in [7, 11) is 0. The fourth-order valence-corrected chi connectivity index (χ4v) is 0.789. The predicted molar refractivity (Wildman–Crippen MR) is 53.6 cm³/mol. The van der Waals surface area contributed by atoms with Gasteiger partial charge in [0.05, 0.1) is 5.76 Å². The van der Waals surface area contributed by atoms with Crippen LogP contribution in [0.25, 0.3) is 0 Å². The van der Waals surface area contributed by atoms with Gasteiger partial charge in [-0.2, -0.15) is 0 Å². The summed E-state index contributed by atoms with van der Waals surface area (Å²) in [5.41, 5.74) is -1.41. The molecule has 0 unspecified atom stereocenters. The van der Waals surface area contributed by atoms with Crippen molar-refractivity contribution in [3.63, 3.8) is 0 Å². The molecule has 0 amide bonds. The molecule has 0 rings (SSSR count). The summed E-state index contributed by atoms with van der Waals surface area (Å²) in [6.07, 6.45) is 0. The first-order chi connectivity index (χ1) is 5.98. The van der Waals surface area contributed by atoms with Crippen LogP contribution < -0.4 is 24.0 Å². The molecule has 0 aromatic rings. The van der Waals surface area contributed by atoms with Crippen molar-refractivity contribution in [2.75, 3.05) is 0 Å². The van der Waals surface area contributed by atoms with Crippen LogP contribution in [-0.4, -0.2) is 10.9 Å². The Bertz CT molecular complexity index is 267. The van der Waals surface area contributed by atoms with Gasteiger partial charge in [-0.3, -0.25) is 4.79 Å². The van der Waals surface area contributed by atoms with Crippen LogP contribution in [0.1, 0.15) is 41.5 Å². The number of aliphatic hydroxyl groups excluding tert-OH is 1. The molecule has 3 nitrogen and oxygen atoms in total. The monoisotopic (exact) mass is 206 g/mol. The quantitative estimate of drug-likeness (QED) is 0.332. The van der Waals surface area contributed by atoms with E-state index in [-0.39, 0.29) is 24.6 Å². The van der Waals surface area contributed by atoms with Gasteiger partial charge in [-0.05, 0) is 5.76 Å². The normalized spacial score (nSPS) is 14.0. The average molecular weight is 206 g/mol. The molecular weight excluding hydrogens is 187 g/mol. The van der Waals surface area contributed by atoms with E-state index in [4.69, 9.17) is 0 Å². The molecule has 0 aromatic heterocycles. The molecule has 15 heavy (non-hydrogen) atoms. The molecular formula is C11H19LiO3. The van der Waals surface area contributed by atoms with Crippen LogP contribution in [0.2, 0.25) is 0 Å². The Morgan fingerprint density at radius 3 is 1.53 bits per heavy atom. The largest absolute Gasteiger partial charge is 1.00 e. The topological polar surface area (TPSA) is 60.4 Å². The second kappa shape index (κ2) is 5.09. The zero-order valence-corrected chi connectivity index (χ0v) is 10.8. The molecule has 1 N–H and O–H groups in total. The number of hydrogen-bond donors (Lipinski definition) is 1. The fourth-order valence-electron chi connectivity index (χ4n) is 0.789. The van der Waals surface area contributed by atoms with E-state index in [1.54, 1.807) is 41.5 Å². The summed E-state index contributed by atoms with van der Waals surface area (Å²) in [6.45, 7) is 10.0. The van der Waals surface area contributed by atoms with Crippen LogP contribution in [0, 0.1) is 10.8 Å². The predicted octanol–water partition coefficient (Wildman–Crippen LogP) is -1.22. The Labute approximate surface area is 104 Å². The zero-order valence-electron chi connectivity index (χ0n) is 10.8. The summed E-state index contributed by atoms with van der Waals surface area (Å²) >= 11 is 0. The number of allylic oxidation sites excluding steroid dienone is 2. The number of carbonyl (C=O) groups is 1. The molecule has 0 aliphatic heterocycles. The summed E-state index contributed by atoms with van der Waals surface area (Å²) in [4.78, 5) is 11.5. The summed E-state index contributed by atoms with van der Waals surface area (Å²) in [5, 5.41) is 21.0. The first-order valence-corrected chi connectivity index (χ1v) is 4.63. The SMILES string of the molecule is CC(C)(C)C(=O)C([O-])=C(O)C(C)(C)C.[Li+]. The second-order valence-electron chi connectivity index (χ2n) is 5.51. The molecule has 0 fully saturated rings. The Morgan fingerprint density at radius 1 is 1.00 bits per heavy atom. The van der Waals surface area contributed by atoms with E-state index in [0.717, 1.165) is 0 Å². The molecule has 0 saturated carbocycles. The van der Waals surface area contributed by atoms with Gasteiger partial charge in [0.25, 0.3) is 0 Å². The molecule has 0 bridgehead atoms. The van der Waals surface area contributed by atoms with E-state index in [2.05, 4.69) is 0 Å². The Kier molecular flexibility index (Phi) is 5.78. The molecule has 0 spiro atoms. The van der Waals surface area contributed by atoms with E-state index in [1.165, 1.54) is 0 Å². The maximum atomic E-state index is 11.5. The maximum Gasteiger partial charge on any atom is 1.00 e. The van der Waals surface area contributed by atoms with Gasteiger partial charge in [-0.25, -0.2) is 0 Å². The first-order valence-electron chi connectivity index (χ1n) is 4.63. The third kappa shape index (κ3) is 4.77. The van der Waals surface area contributed by atoms with Crippen LogP contribution in [0.3, 0.4) is 0 Å². The Balaban J connectivity index is 0. The van der Waals surface area contributed by atoms with E-state index in [0.29, 0.717) is 0 Å². The number of ketones is 1. The van der Waals surface area contributed by atoms with Crippen molar-refractivity contribution in [1.29, 1.82) is 0 Å². The van der Waals surface area contributed by atoms with Crippen molar-refractivity contribution in [3.05, 3.63) is 11.5 Å². The van der Waals surface area contributed by atoms with Crippen LogP contribution in [-0.2, 0) is 4.79 Å². The average Bonchev–Trinajstić information content (AvgIpc) is 1.97. The number of Topliss-reactive ketones (excluding diaryl/α,β-unsaturated/α-hetero) is 1. The van der Waals surface area contributed by atoms with Gasteiger partial charge in [-0.1, -0.05) is 41.5 Å².